The summed E-state index contributed by atoms with van der Waals surface area (Å²) >= 11 is 0. The van der Waals surface area contributed by atoms with E-state index in [1.165, 1.54) is 11.1 Å². The van der Waals surface area contributed by atoms with Crippen molar-refractivity contribution in [1.82, 2.24) is 9.96 Å². The zero-order chi connectivity index (χ0) is 15.7. The first-order valence-electron chi connectivity index (χ1n) is 8.53. The van der Waals surface area contributed by atoms with Crippen molar-refractivity contribution in [2.24, 2.45) is 0 Å². The fourth-order valence-corrected chi connectivity index (χ4v) is 4.03. The first-order chi connectivity index (χ1) is 10.7. The Bertz CT molecular complexity index is 553. The van der Waals surface area contributed by atoms with Crippen molar-refractivity contribution >= 4 is 5.91 Å². The minimum absolute atomic E-state index is 0.288. The maximum atomic E-state index is 12.1. The van der Waals surface area contributed by atoms with Crippen molar-refractivity contribution < 1.29 is 4.79 Å². The topological polar surface area (TPSA) is 46.6 Å². The van der Waals surface area contributed by atoms with E-state index in [0.29, 0.717) is 17.5 Å². The summed E-state index contributed by atoms with van der Waals surface area (Å²) in [5, 5.41) is 12.8. The Morgan fingerprint density at radius 1 is 1.32 bits per heavy atom. The van der Waals surface area contributed by atoms with Gasteiger partial charge in [-0.3, -0.25) is 9.69 Å². The summed E-state index contributed by atoms with van der Waals surface area (Å²) in [7, 11) is 0. The van der Waals surface area contributed by atoms with Crippen molar-refractivity contribution in [2.75, 3.05) is 13.1 Å². The van der Waals surface area contributed by atoms with Crippen LogP contribution in [-0.4, -0.2) is 35.0 Å². The van der Waals surface area contributed by atoms with Gasteiger partial charge in [0.05, 0.1) is 6.42 Å². The average molecular weight is 301 g/mol. The number of nitrogens with zero attached hydrogens (tertiary/aromatic N) is 2. The summed E-state index contributed by atoms with van der Waals surface area (Å²) in [5.41, 5.74) is 4.35. The molecule has 3 rings (SSSR count). The minimum atomic E-state index is -0.297. The summed E-state index contributed by atoms with van der Waals surface area (Å²) in [6, 6.07) is 0.293. The van der Waals surface area contributed by atoms with Crippen LogP contribution in [0.3, 0.4) is 0 Å². The summed E-state index contributed by atoms with van der Waals surface area (Å²) in [5.74, 6) is -0.297. The fourth-order valence-electron chi connectivity index (χ4n) is 4.03. The zero-order valence-corrected chi connectivity index (χ0v) is 13.6. The molecule has 0 aromatic carbocycles. The number of amides is 1. The van der Waals surface area contributed by atoms with E-state index < -0.39 is 0 Å². The van der Waals surface area contributed by atoms with Crippen LogP contribution in [0.4, 0.5) is 0 Å². The van der Waals surface area contributed by atoms with Gasteiger partial charge in [0.1, 0.15) is 0 Å². The highest BCUT2D eigenvalue weighted by Gasteiger charge is 2.37. The molecular formula is C18H25N2O2-. The van der Waals surface area contributed by atoms with Crippen LogP contribution in [0.2, 0.25) is 0 Å². The van der Waals surface area contributed by atoms with Crippen LogP contribution >= 0.6 is 0 Å². The molecule has 2 aliphatic carbocycles. The predicted molar refractivity (Wildman–Crippen MR) is 87.8 cm³/mol. The molecule has 0 aromatic rings. The van der Waals surface area contributed by atoms with Crippen molar-refractivity contribution in [3.05, 3.63) is 39.8 Å². The lowest BCUT2D eigenvalue weighted by Gasteiger charge is -2.40. The van der Waals surface area contributed by atoms with Crippen molar-refractivity contribution in [3.63, 3.8) is 0 Å². The molecule has 4 heteroatoms. The lowest BCUT2D eigenvalue weighted by atomic mass is 9.80. The molecule has 22 heavy (non-hydrogen) atoms. The van der Waals surface area contributed by atoms with Crippen LogP contribution in [0.15, 0.2) is 34.6 Å². The van der Waals surface area contributed by atoms with Gasteiger partial charge in [-0.2, -0.15) is 0 Å². The van der Waals surface area contributed by atoms with Crippen LogP contribution in [0.5, 0.6) is 0 Å². The number of carbonyl (C=O) groups excluding carboxylic acids is 1. The van der Waals surface area contributed by atoms with Gasteiger partial charge >= 0.3 is 0 Å². The largest absolute Gasteiger partial charge is 0.752 e. The van der Waals surface area contributed by atoms with E-state index >= 15 is 0 Å². The summed E-state index contributed by atoms with van der Waals surface area (Å²) < 4.78 is 0. The Hall–Kier alpha value is -1.39. The van der Waals surface area contributed by atoms with E-state index in [9.17, 15) is 10.0 Å². The summed E-state index contributed by atoms with van der Waals surface area (Å²) in [6.07, 6.45) is 9.66. The van der Waals surface area contributed by atoms with E-state index in [4.69, 9.17) is 0 Å². The molecule has 1 aliphatic heterocycles. The second kappa shape index (κ2) is 6.39. The number of fused-ring (bicyclic) bond motifs is 1. The molecular weight excluding hydrogens is 276 g/mol. The average Bonchev–Trinajstić information content (AvgIpc) is 2.82. The lowest BCUT2D eigenvalue weighted by molar-refractivity contribution is -0.125. The van der Waals surface area contributed by atoms with Crippen LogP contribution in [0, 0.1) is 5.21 Å². The first kappa shape index (κ1) is 15.5. The highest BCUT2D eigenvalue weighted by molar-refractivity contribution is 5.87. The molecule has 1 heterocycles. The predicted octanol–water partition coefficient (Wildman–Crippen LogP) is 3.51. The number of allylic oxidation sites excluding steroid dienone is 3. The molecule has 0 fully saturated rings. The molecule has 0 aromatic heterocycles. The number of hydroxylamine groups is 2. The van der Waals surface area contributed by atoms with Crippen LogP contribution in [-0.2, 0) is 4.79 Å². The van der Waals surface area contributed by atoms with Gasteiger partial charge in [0.25, 0.3) is 0 Å². The maximum absolute atomic E-state index is 12.1. The lowest BCUT2D eigenvalue weighted by Crippen LogP contribution is -2.41. The number of carbonyl (C=O) groups is 1. The van der Waals surface area contributed by atoms with E-state index in [-0.39, 0.29) is 12.3 Å². The van der Waals surface area contributed by atoms with Crippen LogP contribution < -0.4 is 0 Å². The standard InChI is InChI=1S/C18H25N2O2/c1-3-9-19(10-4-2)16-12-17-15(11-18(21)20(17)22)13-7-5-6-8-14(13)16/h5,7,16H,3-4,6,8-12H2,1-2H3/q-1. The Labute approximate surface area is 132 Å². The molecule has 1 atom stereocenters. The van der Waals surface area contributed by atoms with E-state index in [0.717, 1.165) is 50.0 Å². The van der Waals surface area contributed by atoms with Gasteiger partial charge in [0.15, 0.2) is 0 Å². The van der Waals surface area contributed by atoms with Gasteiger partial charge < -0.3 is 10.3 Å². The maximum Gasteiger partial charge on any atom is 0.220 e. The van der Waals surface area contributed by atoms with E-state index in [1.807, 2.05) is 0 Å². The number of rotatable bonds is 5. The molecule has 0 radical (unpaired) electrons. The van der Waals surface area contributed by atoms with E-state index in [2.05, 4.69) is 30.9 Å². The second-order valence-electron chi connectivity index (χ2n) is 6.43. The normalized spacial score (nSPS) is 24.5. The number of hydrogen-bond donors (Lipinski definition) is 0. The fraction of sp³-hybridized carbons (Fsp3) is 0.611. The summed E-state index contributed by atoms with van der Waals surface area (Å²) in [4.78, 5) is 14.4. The molecule has 0 saturated carbocycles. The Balaban J connectivity index is 1.98. The molecule has 0 saturated heterocycles. The Morgan fingerprint density at radius 2 is 2.05 bits per heavy atom. The zero-order valence-electron chi connectivity index (χ0n) is 13.6. The third-order valence-corrected chi connectivity index (χ3v) is 4.94. The molecule has 3 aliphatic rings. The monoisotopic (exact) mass is 301 g/mol. The van der Waals surface area contributed by atoms with Gasteiger partial charge in [0.2, 0.25) is 5.91 Å². The van der Waals surface area contributed by atoms with Gasteiger partial charge in [-0.05, 0) is 55.5 Å². The first-order valence-corrected chi connectivity index (χ1v) is 8.53. The van der Waals surface area contributed by atoms with Crippen molar-refractivity contribution in [1.29, 1.82) is 0 Å². The van der Waals surface area contributed by atoms with Gasteiger partial charge in [0, 0.05) is 18.2 Å². The molecule has 1 unspecified atom stereocenters. The molecule has 0 N–H and O–H groups in total. The summed E-state index contributed by atoms with van der Waals surface area (Å²) in [6.45, 7) is 6.50. The van der Waals surface area contributed by atoms with Gasteiger partial charge in [-0.25, -0.2) is 0 Å². The minimum Gasteiger partial charge on any atom is -0.752 e. The van der Waals surface area contributed by atoms with Crippen molar-refractivity contribution in [3.8, 4) is 0 Å². The van der Waals surface area contributed by atoms with Crippen molar-refractivity contribution in [2.45, 2.75) is 58.4 Å². The van der Waals surface area contributed by atoms with Gasteiger partial charge in [-0.1, -0.05) is 26.0 Å². The molecule has 0 spiro atoms. The SMILES string of the molecule is CCCN(CCC)C1CC2=C(CC(=O)N2[O-])C2=C1CCC=C2. The smallest absolute Gasteiger partial charge is 0.220 e. The Morgan fingerprint density at radius 3 is 2.73 bits per heavy atom. The quantitative estimate of drug-likeness (QED) is 0.780. The van der Waals surface area contributed by atoms with Crippen LogP contribution in [0.1, 0.15) is 52.4 Å². The molecule has 0 bridgehead atoms. The highest BCUT2D eigenvalue weighted by atomic mass is 16.5. The third kappa shape index (κ3) is 2.55. The van der Waals surface area contributed by atoms with Gasteiger partial charge in [-0.15, -0.1) is 0 Å². The number of hydrogen-bond acceptors (Lipinski definition) is 3. The molecule has 4 nitrogen and oxygen atoms in total. The highest BCUT2D eigenvalue weighted by Crippen LogP contribution is 2.43. The Kier molecular flexibility index (Phi) is 4.50. The van der Waals surface area contributed by atoms with Crippen LogP contribution in [0.25, 0.3) is 0 Å². The third-order valence-electron chi connectivity index (χ3n) is 4.94. The second-order valence-corrected chi connectivity index (χ2v) is 6.43. The molecule has 120 valence electrons. The molecule has 1 amide bonds. The van der Waals surface area contributed by atoms with E-state index in [1.54, 1.807) is 0 Å².